The summed E-state index contributed by atoms with van der Waals surface area (Å²) < 4.78 is 2.15. The van der Waals surface area contributed by atoms with Crippen LogP contribution in [0.1, 0.15) is 20.3 Å². The van der Waals surface area contributed by atoms with Crippen LogP contribution in [-0.4, -0.2) is 33.9 Å². The molecule has 108 valence electrons. The van der Waals surface area contributed by atoms with Crippen molar-refractivity contribution in [3.05, 3.63) is 24.3 Å². The highest BCUT2D eigenvalue weighted by atomic mass is 32.2. The second-order valence-electron chi connectivity index (χ2n) is 5.14. The molecule has 4 nitrogen and oxygen atoms in total. The maximum Gasteiger partial charge on any atom is 0.221 e. The lowest BCUT2D eigenvalue weighted by Crippen LogP contribution is -2.46. The number of fused-ring (bicyclic) bond motifs is 1. The monoisotopic (exact) mass is 310 g/mol. The minimum absolute atomic E-state index is 0.0438. The first kappa shape index (κ1) is 15.3. The van der Waals surface area contributed by atoms with E-state index in [1.54, 1.807) is 36.9 Å². The zero-order valence-corrected chi connectivity index (χ0v) is 13.2. The van der Waals surface area contributed by atoms with Crippen LogP contribution in [0.3, 0.4) is 0 Å². The van der Waals surface area contributed by atoms with E-state index in [2.05, 4.69) is 10.3 Å². The molecule has 0 saturated carbocycles. The summed E-state index contributed by atoms with van der Waals surface area (Å²) in [6.07, 6.45) is 0.421. The molecule has 0 unspecified atom stereocenters. The molecule has 0 spiro atoms. The molecule has 1 heterocycles. The number of aromatic nitrogens is 1. The summed E-state index contributed by atoms with van der Waals surface area (Å²) in [6.45, 7) is 3.53. The molecule has 0 aliphatic rings. The normalized spacial score (nSPS) is 11.8. The van der Waals surface area contributed by atoms with E-state index in [0.29, 0.717) is 12.2 Å². The number of hydrogen-bond acceptors (Lipinski definition) is 5. The topological polar surface area (TPSA) is 62.2 Å². The minimum atomic E-state index is -0.558. The molecular formula is C14H18N2O2S2. The lowest BCUT2D eigenvalue weighted by Gasteiger charge is -2.23. The predicted octanol–water partition coefficient (Wildman–Crippen LogP) is 2.67. The van der Waals surface area contributed by atoms with Gasteiger partial charge >= 0.3 is 0 Å². The third-order valence-corrected chi connectivity index (χ3v) is 4.88. The molecule has 1 aromatic heterocycles. The van der Waals surface area contributed by atoms with E-state index >= 15 is 0 Å². The third kappa shape index (κ3) is 4.19. The first-order chi connectivity index (χ1) is 9.50. The van der Waals surface area contributed by atoms with Crippen LogP contribution in [0.2, 0.25) is 0 Å². The second kappa shape index (κ2) is 6.56. The molecule has 2 aromatic rings. The standard InChI is InChI=1S/C14H18N2O2S2/c1-14(2,9-17)16-12(18)7-8-19-13-15-10-5-3-4-6-11(10)20-13/h3-6,17H,7-9H2,1-2H3,(H,16,18). The fourth-order valence-electron chi connectivity index (χ4n) is 1.62. The van der Waals surface area contributed by atoms with E-state index < -0.39 is 5.54 Å². The second-order valence-corrected chi connectivity index (χ2v) is 7.51. The van der Waals surface area contributed by atoms with E-state index in [1.807, 2.05) is 24.3 Å². The Labute approximate surface area is 126 Å². The molecule has 20 heavy (non-hydrogen) atoms. The number of rotatable bonds is 6. The van der Waals surface area contributed by atoms with Crippen molar-refractivity contribution in [2.75, 3.05) is 12.4 Å². The van der Waals surface area contributed by atoms with Crippen LogP contribution < -0.4 is 5.32 Å². The molecule has 1 amide bonds. The first-order valence-corrected chi connectivity index (χ1v) is 8.21. The van der Waals surface area contributed by atoms with Gasteiger partial charge in [-0.3, -0.25) is 4.79 Å². The molecule has 0 fully saturated rings. The summed E-state index contributed by atoms with van der Waals surface area (Å²) >= 11 is 3.24. The van der Waals surface area contributed by atoms with Gasteiger partial charge in [-0.2, -0.15) is 0 Å². The number of hydrogen-bond donors (Lipinski definition) is 2. The SMILES string of the molecule is CC(C)(CO)NC(=O)CCSc1nc2ccccc2s1. The van der Waals surface area contributed by atoms with Gasteiger partial charge in [0, 0.05) is 12.2 Å². The maximum absolute atomic E-state index is 11.7. The van der Waals surface area contributed by atoms with Gasteiger partial charge in [0.25, 0.3) is 0 Å². The Morgan fingerprint density at radius 1 is 1.45 bits per heavy atom. The molecule has 6 heteroatoms. The third-order valence-electron chi connectivity index (χ3n) is 2.70. The van der Waals surface area contributed by atoms with Crippen LogP contribution in [0.4, 0.5) is 0 Å². The van der Waals surface area contributed by atoms with Crippen molar-refractivity contribution in [2.45, 2.75) is 30.1 Å². The van der Waals surface area contributed by atoms with E-state index in [1.165, 1.54) is 4.70 Å². The molecule has 0 aliphatic carbocycles. The van der Waals surface area contributed by atoms with Gasteiger partial charge < -0.3 is 10.4 Å². The Balaban J connectivity index is 1.82. The molecule has 0 bridgehead atoms. The van der Waals surface area contributed by atoms with Crippen LogP contribution in [0, 0.1) is 0 Å². The van der Waals surface area contributed by atoms with Crippen LogP contribution in [0.15, 0.2) is 28.6 Å². The fourth-order valence-corrected chi connectivity index (χ4v) is 3.70. The predicted molar refractivity (Wildman–Crippen MR) is 84.3 cm³/mol. The highest BCUT2D eigenvalue weighted by Gasteiger charge is 2.18. The van der Waals surface area contributed by atoms with Crippen LogP contribution in [0.25, 0.3) is 10.2 Å². The van der Waals surface area contributed by atoms with Crippen LogP contribution in [0.5, 0.6) is 0 Å². The van der Waals surface area contributed by atoms with Gasteiger partial charge in [-0.15, -0.1) is 11.3 Å². The summed E-state index contributed by atoms with van der Waals surface area (Å²) in [6, 6.07) is 8.01. The number of carbonyl (C=O) groups excluding carboxylic acids is 1. The van der Waals surface area contributed by atoms with Gasteiger partial charge in [-0.25, -0.2) is 4.98 Å². The maximum atomic E-state index is 11.7. The molecule has 1 aromatic carbocycles. The largest absolute Gasteiger partial charge is 0.394 e. The van der Waals surface area contributed by atoms with Crippen molar-refractivity contribution >= 4 is 39.2 Å². The first-order valence-electron chi connectivity index (χ1n) is 6.40. The fraction of sp³-hybridized carbons (Fsp3) is 0.429. The Morgan fingerprint density at radius 3 is 2.90 bits per heavy atom. The van der Waals surface area contributed by atoms with Crippen molar-refractivity contribution in [3.8, 4) is 0 Å². The zero-order chi connectivity index (χ0) is 14.6. The van der Waals surface area contributed by atoms with E-state index in [-0.39, 0.29) is 12.5 Å². The summed E-state index contributed by atoms with van der Waals surface area (Å²) in [4.78, 5) is 16.2. The highest BCUT2D eigenvalue weighted by Crippen LogP contribution is 2.29. The Morgan fingerprint density at radius 2 is 2.20 bits per heavy atom. The highest BCUT2D eigenvalue weighted by molar-refractivity contribution is 8.01. The molecule has 0 atom stereocenters. The van der Waals surface area contributed by atoms with Crippen molar-refractivity contribution in [2.24, 2.45) is 0 Å². The van der Waals surface area contributed by atoms with Crippen molar-refractivity contribution in [1.29, 1.82) is 0 Å². The number of aliphatic hydroxyl groups is 1. The van der Waals surface area contributed by atoms with Gasteiger partial charge in [-0.05, 0) is 26.0 Å². The average Bonchev–Trinajstić information content (AvgIpc) is 2.80. The number of nitrogens with one attached hydrogen (secondary N) is 1. The van der Waals surface area contributed by atoms with E-state index in [9.17, 15) is 4.79 Å². The number of aliphatic hydroxyl groups excluding tert-OH is 1. The molecule has 0 aliphatic heterocycles. The molecule has 2 rings (SSSR count). The number of benzene rings is 1. The Kier molecular flexibility index (Phi) is 5.01. The number of amides is 1. The molecule has 2 N–H and O–H groups in total. The lowest BCUT2D eigenvalue weighted by molar-refractivity contribution is -0.122. The van der Waals surface area contributed by atoms with Gasteiger partial charge in [-0.1, -0.05) is 23.9 Å². The van der Waals surface area contributed by atoms with Gasteiger partial charge in [0.1, 0.15) is 0 Å². The van der Waals surface area contributed by atoms with Gasteiger partial charge in [0.15, 0.2) is 4.34 Å². The summed E-state index contributed by atoms with van der Waals surface area (Å²) in [5.41, 5.74) is 0.448. The summed E-state index contributed by atoms with van der Waals surface area (Å²) in [7, 11) is 0. The zero-order valence-electron chi connectivity index (χ0n) is 11.5. The van der Waals surface area contributed by atoms with Crippen molar-refractivity contribution in [3.63, 3.8) is 0 Å². The van der Waals surface area contributed by atoms with Crippen LogP contribution >= 0.6 is 23.1 Å². The Bertz CT molecular complexity index is 563. The number of para-hydroxylation sites is 1. The molecule has 0 radical (unpaired) electrons. The number of carbonyl (C=O) groups is 1. The number of thioether (sulfide) groups is 1. The minimum Gasteiger partial charge on any atom is -0.394 e. The summed E-state index contributed by atoms with van der Waals surface area (Å²) in [5.74, 6) is 0.644. The lowest BCUT2D eigenvalue weighted by atomic mass is 10.1. The molecular weight excluding hydrogens is 292 g/mol. The number of nitrogens with zero attached hydrogens (tertiary/aromatic N) is 1. The van der Waals surface area contributed by atoms with Gasteiger partial charge in [0.2, 0.25) is 5.91 Å². The Hall–Kier alpha value is -1.11. The quantitative estimate of drug-likeness (QED) is 0.805. The smallest absolute Gasteiger partial charge is 0.221 e. The average molecular weight is 310 g/mol. The van der Waals surface area contributed by atoms with Crippen LogP contribution in [-0.2, 0) is 4.79 Å². The summed E-state index contributed by atoms with van der Waals surface area (Å²) in [5, 5.41) is 11.9. The van der Waals surface area contributed by atoms with Gasteiger partial charge in [0.05, 0.1) is 22.4 Å². The van der Waals surface area contributed by atoms with Crippen molar-refractivity contribution < 1.29 is 9.90 Å². The van der Waals surface area contributed by atoms with Crippen molar-refractivity contribution in [1.82, 2.24) is 10.3 Å². The van der Waals surface area contributed by atoms with E-state index in [4.69, 9.17) is 5.11 Å². The molecule has 0 saturated heterocycles. The number of thiazole rings is 1. The van der Waals surface area contributed by atoms with E-state index in [0.717, 1.165) is 9.86 Å².